The molecule has 5 nitrogen and oxygen atoms in total. The summed E-state index contributed by atoms with van der Waals surface area (Å²) in [6, 6.07) is -0.369. The Hall–Kier alpha value is -1.26. The number of likely N-dealkylation sites (tertiary alicyclic amines) is 1. The molecular formula is C18H31NO4. The molecule has 0 radical (unpaired) electrons. The minimum Gasteiger partial charge on any atom is -0.464 e. The normalized spacial score (nSPS) is 27.7. The fourth-order valence-corrected chi connectivity index (χ4v) is 3.59. The summed E-state index contributed by atoms with van der Waals surface area (Å²) in [5.74, 6) is 0.407. The van der Waals surface area contributed by atoms with Crippen LogP contribution in [0.5, 0.6) is 0 Å². The Labute approximate surface area is 139 Å². The molecule has 1 amide bonds. The summed E-state index contributed by atoms with van der Waals surface area (Å²) < 4.78 is 11.0. The van der Waals surface area contributed by atoms with E-state index in [1.54, 1.807) is 4.90 Å². The summed E-state index contributed by atoms with van der Waals surface area (Å²) in [5.41, 5.74) is -0.559. The lowest BCUT2D eigenvalue weighted by molar-refractivity contribution is -0.150. The Morgan fingerprint density at radius 1 is 1.17 bits per heavy atom. The standard InChI is InChI=1S/C18H31NO4/c1-12(2)11-22-16(20)15-10-13-8-6-7-9-14(13)19(15)17(21)23-18(3,4)5/h12-15H,6-11H2,1-5H3. The lowest BCUT2D eigenvalue weighted by Crippen LogP contribution is -2.48. The first-order chi connectivity index (χ1) is 10.7. The molecule has 0 aromatic rings. The first kappa shape index (κ1) is 18.1. The molecular weight excluding hydrogens is 294 g/mol. The monoisotopic (exact) mass is 325 g/mol. The fraction of sp³-hybridized carbons (Fsp3) is 0.889. The van der Waals surface area contributed by atoms with Gasteiger partial charge in [0.1, 0.15) is 11.6 Å². The van der Waals surface area contributed by atoms with Gasteiger partial charge in [0.15, 0.2) is 0 Å². The maximum Gasteiger partial charge on any atom is 0.411 e. The van der Waals surface area contributed by atoms with Crippen molar-refractivity contribution in [1.82, 2.24) is 4.90 Å². The van der Waals surface area contributed by atoms with Crippen molar-refractivity contribution in [2.45, 2.75) is 84.4 Å². The van der Waals surface area contributed by atoms with Crippen LogP contribution in [0, 0.1) is 11.8 Å². The summed E-state index contributed by atoms with van der Waals surface area (Å²) in [6.07, 6.45) is 4.65. The van der Waals surface area contributed by atoms with Crippen LogP contribution in [0.15, 0.2) is 0 Å². The Balaban J connectivity index is 2.13. The van der Waals surface area contributed by atoms with Gasteiger partial charge in [-0.3, -0.25) is 4.90 Å². The maximum absolute atomic E-state index is 12.7. The molecule has 0 N–H and O–H groups in total. The van der Waals surface area contributed by atoms with Crippen LogP contribution in [0.1, 0.15) is 66.7 Å². The largest absolute Gasteiger partial charge is 0.464 e. The molecule has 2 rings (SSSR count). The average molecular weight is 325 g/mol. The van der Waals surface area contributed by atoms with Crippen LogP contribution in [0.4, 0.5) is 4.79 Å². The molecule has 1 heterocycles. The van der Waals surface area contributed by atoms with Gasteiger partial charge in [-0.25, -0.2) is 9.59 Å². The van der Waals surface area contributed by atoms with Crippen LogP contribution >= 0.6 is 0 Å². The van der Waals surface area contributed by atoms with E-state index in [4.69, 9.17) is 9.47 Å². The lowest BCUT2D eigenvalue weighted by Gasteiger charge is -2.34. The number of esters is 1. The second-order valence-corrected chi connectivity index (χ2v) is 8.27. The smallest absolute Gasteiger partial charge is 0.411 e. The number of ether oxygens (including phenoxy) is 2. The molecule has 132 valence electrons. The van der Waals surface area contributed by atoms with Gasteiger partial charge in [0.25, 0.3) is 0 Å². The van der Waals surface area contributed by atoms with Gasteiger partial charge in [-0.2, -0.15) is 0 Å². The van der Waals surface area contributed by atoms with Gasteiger partial charge in [0.05, 0.1) is 6.61 Å². The van der Waals surface area contributed by atoms with Crippen molar-refractivity contribution in [2.75, 3.05) is 6.61 Å². The SMILES string of the molecule is CC(C)COC(=O)C1CC2CCCCC2N1C(=O)OC(C)(C)C. The van der Waals surface area contributed by atoms with E-state index in [0.717, 1.165) is 19.3 Å². The van der Waals surface area contributed by atoms with E-state index in [1.165, 1.54) is 6.42 Å². The molecule has 0 aromatic heterocycles. The van der Waals surface area contributed by atoms with Crippen molar-refractivity contribution in [3.05, 3.63) is 0 Å². The number of hydrogen-bond acceptors (Lipinski definition) is 4. The van der Waals surface area contributed by atoms with E-state index in [2.05, 4.69) is 0 Å². The van der Waals surface area contributed by atoms with Crippen LogP contribution in [0.25, 0.3) is 0 Å². The maximum atomic E-state index is 12.7. The Morgan fingerprint density at radius 3 is 2.43 bits per heavy atom. The van der Waals surface area contributed by atoms with E-state index in [1.807, 2.05) is 34.6 Å². The molecule has 23 heavy (non-hydrogen) atoms. The third-order valence-electron chi connectivity index (χ3n) is 4.52. The van der Waals surface area contributed by atoms with E-state index in [-0.39, 0.29) is 24.0 Å². The number of nitrogens with zero attached hydrogens (tertiary/aromatic N) is 1. The van der Waals surface area contributed by atoms with Gasteiger partial charge in [-0.15, -0.1) is 0 Å². The average Bonchev–Trinajstić information content (AvgIpc) is 2.82. The highest BCUT2D eigenvalue weighted by Gasteiger charge is 2.49. The van der Waals surface area contributed by atoms with Crippen LogP contribution in [-0.4, -0.2) is 41.3 Å². The van der Waals surface area contributed by atoms with E-state index in [9.17, 15) is 9.59 Å². The van der Waals surface area contributed by atoms with Gasteiger partial charge < -0.3 is 9.47 Å². The number of rotatable bonds is 3. The molecule has 3 unspecified atom stereocenters. The Kier molecular flexibility index (Phi) is 5.58. The van der Waals surface area contributed by atoms with Gasteiger partial charge >= 0.3 is 12.1 Å². The quantitative estimate of drug-likeness (QED) is 0.742. The number of carbonyl (C=O) groups is 2. The van der Waals surface area contributed by atoms with Crippen LogP contribution < -0.4 is 0 Å². The van der Waals surface area contributed by atoms with Crippen LogP contribution in [0.2, 0.25) is 0 Å². The molecule has 0 aromatic carbocycles. The number of fused-ring (bicyclic) bond motifs is 1. The van der Waals surface area contributed by atoms with E-state index in [0.29, 0.717) is 18.9 Å². The second-order valence-electron chi connectivity index (χ2n) is 8.27. The molecule has 1 saturated carbocycles. The lowest BCUT2D eigenvalue weighted by atomic mass is 9.85. The summed E-state index contributed by atoms with van der Waals surface area (Å²) in [5, 5.41) is 0. The highest BCUT2D eigenvalue weighted by molar-refractivity contribution is 5.82. The minimum absolute atomic E-state index is 0.121. The Morgan fingerprint density at radius 2 is 1.83 bits per heavy atom. The summed E-state index contributed by atoms with van der Waals surface area (Å²) in [6.45, 7) is 9.97. The zero-order valence-electron chi connectivity index (χ0n) is 15.1. The number of amides is 1. The third kappa shape index (κ3) is 4.61. The molecule has 2 aliphatic rings. The van der Waals surface area contributed by atoms with Crippen molar-refractivity contribution >= 4 is 12.1 Å². The first-order valence-corrected chi connectivity index (χ1v) is 8.87. The van der Waals surface area contributed by atoms with E-state index < -0.39 is 11.6 Å². The van der Waals surface area contributed by atoms with Gasteiger partial charge in [0, 0.05) is 6.04 Å². The highest BCUT2D eigenvalue weighted by atomic mass is 16.6. The molecule has 0 spiro atoms. The van der Waals surface area contributed by atoms with Crippen molar-refractivity contribution in [1.29, 1.82) is 0 Å². The predicted molar refractivity (Wildman–Crippen MR) is 88.0 cm³/mol. The molecule has 1 saturated heterocycles. The molecule has 2 fully saturated rings. The zero-order valence-corrected chi connectivity index (χ0v) is 15.1. The molecule has 1 aliphatic heterocycles. The van der Waals surface area contributed by atoms with Crippen LogP contribution in [0.3, 0.4) is 0 Å². The first-order valence-electron chi connectivity index (χ1n) is 8.87. The summed E-state index contributed by atoms with van der Waals surface area (Å²) >= 11 is 0. The predicted octanol–water partition coefficient (Wildman–Crippen LogP) is 3.75. The van der Waals surface area contributed by atoms with Crippen molar-refractivity contribution in [3.63, 3.8) is 0 Å². The van der Waals surface area contributed by atoms with Gasteiger partial charge in [-0.05, 0) is 51.9 Å². The third-order valence-corrected chi connectivity index (χ3v) is 4.52. The molecule has 5 heteroatoms. The second kappa shape index (κ2) is 7.10. The van der Waals surface area contributed by atoms with Crippen molar-refractivity contribution in [2.24, 2.45) is 11.8 Å². The van der Waals surface area contributed by atoms with E-state index >= 15 is 0 Å². The summed E-state index contributed by atoms with van der Waals surface area (Å²) in [4.78, 5) is 26.8. The van der Waals surface area contributed by atoms with Gasteiger partial charge in [-0.1, -0.05) is 26.7 Å². The Bertz CT molecular complexity index is 441. The van der Waals surface area contributed by atoms with Crippen molar-refractivity contribution < 1.29 is 19.1 Å². The topological polar surface area (TPSA) is 55.8 Å². The molecule has 1 aliphatic carbocycles. The zero-order chi connectivity index (χ0) is 17.2. The summed E-state index contributed by atoms with van der Waals surface area (Å²) in [7, 11) is 0. The van der Waals surface area contributed by atoms with Gasteiger partial charge in [0.2, 0.25) is 0 Å². The molecule has 3 atom stereocenters. The van der Waals surface area contributed by atoms with Crippen LogP contribution in [-0.2, 0) is 14.3 Å². The highest BCUT2D eigenvalue weighted by Crippen LogP contribution is 2.40. The minimum atomic E-state index is -0.559. The fourth-order valence-electron chi connectivity index (χ4n) is 3.59. The number of carbonyl (C=O) groups excluding carboxylic acids is 2. The van der Waals surface area contributed by atoms with Crippen molar-refractivity contribution in [3.8, 4) is 0 Å². The molecule has 0 bridgehead atoms. The number of hydrogen-bond donors (Lipinski definition) is 0.